The van der Waals surface area contributed by atoms with Crippen LogP contribution in [0.3, 0.4) is 0 Å². The third kappa shape index (κ3) is 2.75. The van der Waals surface area contributed by atoms with E-state index < -0.39 is 0 Å². The van der Waals surface area contributed by atoms with Gasteiger partial charge in [-0.25, -0.2) is 0 Å². The molecule has 1 aromatic heterocycles. The summed E-state index contributed by atoms with van der Waals surface area (Å²) in [6.45, 7) is 0. The highest BCUT2D eigenvalue weighted by molar-refractivity contribution is 9.10. The fourth-order valence-electron chi connectivity index (χ4n) is 1.87. The average Bonchev–Trinajstić information content (AvgIpc) is 2.98. The van der Waals surface area contributed by atoms with Gasteiger partial charge in [-0.2, -0.15) is 4.98 Å². The molecule has 0 unspecified atom stereocenters. The van der Waals surface area contributed by atoms with Crippen molar-refractivity contribution in [3.63, 3.8) is 0 Å². The quantitative estimate of drug-likeness (QED) is 0.779. The Morgan fingerprint density at radius 2 is 1.81 bits per heavy atom. The van der Waals surface area contributed by atoms with Crippen LogP contribution in [0.1, 0.15) is 0 Å². The summed E-state index contributed by atoms with van der Waals surface area (Å²) in [4.78, 5) is 4.36. The van der Waals surface area contributed by atoms with Crippen LogP contribution in [0.25, 0.3) is 22.8 Å². The minimum atomic E-state index is 0.196. The number of aromatic hydroxyl groups is 1. The number of aromatic nitrogens is 2. The van der Waals surface area contributed by atoms with Crippen molar-refractivity contribution in [1.29, 1.82) is 0 Å². The van der Waals surface area contributed by atoms with Gasteiger partial charge in [-0.3, -0.25) is 0 Å². The average molecular weight is 347 g/mol. The van der Waals surface area contributed by atoms with Crippen molar-refractivity contribution in [2.24, 2.45) is 0 Å². The van der Waals surface area contributed by atoms with Gasteiger partial charge in [0, 0.05) is 11.1 Å². The first kappa shape index (κ1) is 13.6. The maximum Gasteiger partial charge on any atom is 0.258 e. The molecule has 0 fully saturated rings. The topological polar surface area (TPSA) is 68.4 Å². The second-order valence-corrected chi connectivity index (χ2v) is 5.17. The monoisotopic (exact) mass is 346 g/mol. The number of hydrogen-bond acceptors (Lipinski definition) is 5. The zero-order chi connectivity index (χ0) is 14.8. The molecular weight excluding hydrogens is 336 g/mol. The third-order valence-electron chi connectivity index (χ3n) is 2.95. The Kier molecular flexibility index (Phi) is 3.62. The van der Waals surface area contributed by atoms with Crippen molar-refractivity contribution in [3.8, 4) is 34.3 Å². The van der Waals surface area contributed by atoms with Crippen molar-refractivity contribution < 1.29 is 14.4 Å². The van der Waals surface area contributed by atoms with Gasteiger partial charge in [0.05, 0.1) is 11.6 Å². The number of methoxy groups -OCH3 is 1. The second kappa shape index (κ2) is 5.57. The van der Waals surface area contributed by atoms with Gasteiger partial charge in [0.2, 0.25) is 5.82 Å². The highest BCUT2D eigenvalue weighted by Gasteiger charge is 2.12. The number of benzene rings is 2. The van der Waals surface area contributed by atoms with Crippen LogP contribution in [0.2, 0.25) is 0 Å². The molecule has 0 saturated heterocycles. The lowest BCUT2D eigenvalue weighted by Gasteiger charge is -2.03. The van der Waals surface area contributed by atoms with Gasteiger partial charge in [-0.15, -0.1) is 0 Å². The summed E-state index contributed by atoms with van der Waals surface area (Å²) >= 11 is 3.42. The van der Waals surface area contributed by atoms with Gasteiger partial charge in [-0.05, 0) is 58.4 Å². The molecule has 6 heteroatoms. The number of ether oxygens (including phenoxy) is 1. The Balaban J connectivity index is 1.94. The lowest BCUT2D eigenvalue weighted by Crippen LogP contribution is -1.85. The van der Waals surface area contributed by atoms with E-state index >= 15 is 0 Å². The van der Waals surface area contributed by atoms with Gasteiger partial charge >= 0.3 is 0 Å². The summed E-state index contributed by atoms with van der Waals surface area (Å²) in [5.74, 6) is 1.82. The maximum atomic E-state index is 9.29. The van der Waals surface area contributed by atoms with Crippen LogP contribution in [0.5, 0.6) is 11.5 Å². The number of phenolic OH excluding ortho intramolecular Hbond substituents is 1. The summed E-state index contributed by atoms with van der Waals surface area (Å²) in [5, 5.41) is 13.2. The van der Waals surface area contributed by atoms with Crippen LogP contribution in [0.4, 0.5) is 0 Å². The van der Waals surface area contributed by atoms with Gasteiger partial charge in [0.15, 0.2) is 0 Å². The van der Waals surface area contributed by atoms with Crippen molar-refractivity contribution >= 4 is 15.9 Å². The molecule has 5 nitrogen and oxygen atoms in total. The normalized spacial score (nSPS) is 10.6. The van der Waals surface area contributed by atoms with E-state index in [1.54, 1.807) is 31.4 Å². The van der Waals surface area contributed by atoms with E-state index in [-0.39, 0.29) is 5.75 Å². The molecule has 0 bridgehead atoms. The molecule has 106 valence electrons. The first-order valence-corrected chi connectivity index (χ1v) is 6.93. The Bertz CT molecular complexity index is 769. The highest BCUT2D eigenvalue weighted by atomic mass is 79.9. The van der Waals surface area contributed by atoms with E-state index in [2.05, 4.69) is 26.1 Å². The highest BCUT2D eigenvalue weighted by Crippen LogP contribution is 2.30. The molecule has 3 rings (SSSR count). The molecular formula is C15H11BrN2O3. The van der Waals surface area contributed by atoms with E-state index in [9.17, 15) is 5.11 Å². The molecule has 0 aliphatic heterocycles. The fourth-order valence-corrected chi connectivity index (χ4v) is 2.41. The first-order valence-electron chi connectivity index (χ1n) is 6.14. The minimum Gasteiger partial charge on any atom is -0.508 e. The summed E-state index contributed by atoms with van der Waals surface area (Å²) in [5.41, 5.74) is 1.57. The summed E-state index contributed by atoms with van der Waals surface area (Å²) in [6.07, 6.45) is 0. The SMILES string of the molecule is COc1ccc(-c2nc(-c3ccc(O)cc3)no2)cc1Br. The van der Waals surface area contributed by atoms with Crippen LogP contribution in [0.15, 0.2) is 51.5 Å². The van der Waals surface area contributed by atoms with E-state index in [0.29, 0.717) is 11.7 Å². The van der Waals surface area contributed by atoms with Crippen LogP contribution in [-0.4, -0.2) is 22.4 Å². The number of rotatable bonds is 3. The molecule has 1 heterocycles. The zero-order valence-corrected chi connectivity index (χ0v) is 12.7. The molecule has 0 saturated carbocycles. The second-order valence-electron chi connectivity index (χ2n) is 4.32. The molecule has 0 aliphatic carbocycles. The van der Waals surface area contributed by atoms with Crippen LogP contribution < -0.4 is 4.74 Å². The molecule has 21 heavy (non-hydrogen) atoms. The van der Waals surface area contributed by atoms with Gasteiger partial charge in [0.25, 0.3) is 5.89 Å². The molecule has 0 atom stereocenters. The smallest absolute Gasteiger partial charge is 0.258 e. The molecule has 0 radical (unpaired) electrons. The molecule has 0 amide bonds. The van der Waals surface area contributed by atoms with E-state index in [4.69, 9.17) is 9.26 Å². The van der Waals surface area contributed by atoms with Crippen LogP contribution >= 0.6 is 15.9 Å². The zero-order valence-electron chi connectivity index (χ0n) is 11.1. The first-order chi connectivity index (χ1) is 10.2. The Morgan fingerprint density at radius 1 is 1.10 bits per heavy atom. The molecule has 0 spiro atoms. The van der Waals surface area contributed by atoms with Gasteiger partial charge in [-0.1, -0.05) is 5.16 Å². The van der Waals surface area contributed by atoms with Crippen molar-refractivity contribution in [2.75, 3.05) is 7.11 Å². The van der Waals surface area contributed by atoms with Gasteiger partial charge in [0.1, 0.15) is 11.5 Å². The predicted octanol–water partition coefficient (Wildman–Crippen LogP) is 3.88. The van der Waals surface area contributed by atoms with Crippen LogP contribution in [-0.2, 0) is 0 Å². The van der Waals surface area contributed by atoms with E-state index in [0.717, 1.165) is 21.3 Å². The fraction of sp³-hybridized carbons (Fsp3) is 0.0667. The standard InChI is InChI=1S/C15H11BrN2O3/c1-20-13-7-4-10(8-12(13)16)15-17-14(18-21-15)9-2-5-11(19)6-3-9/h2-8,19H,1H3. The summed E-state index contributed by atoms with van der Waals surface area (Å²) in [6, 6.07) is 12.1. The molecule has 0 aliphatic rings. The Morgan fingerprint density at radius 3 is 2.48 bits per heavy atom. The Labute approximate surface area is 129 Å². The summed E-state index contributed by atoms with van der Waals surface area (Å²) < 4.78 is 11.3. The van der Waals surface area contributed by atoms with Crippen molar-refractivity contribution in [1.82, 2.24) is 10.1 Å². The number of nitrogens with zero attached hydrogens (tertiary/aromatic N) is 2. The van der Waals surface area contributed by atoms with Gasteiger partial charge < -0.3 is 14.4 Å². The minimum absolute atomic E-state index is 0.196. The lowest BCUT2D eigenvalue weighted by atomic mass is 10.2. The number of phenols is 1. The largest absolute Gasteiger partial charge is 0.508 e. The van der Waals surface area contributed by atoms with Crippen molar-refractivity contribution in [2.45, 2.75) is 0 Å². The van der Waals surface area contributed by atoms with E-state index in [1.165, 1.54) is 0 Å². The maximum absolute atomic E-state index is 9.29. The number of hydrogen-bond donors (Lipinski definition) is 1. The lowest BCUT2D eigenvalue weighted by molar-refractivity contribution is 0.411. The molecule has 3 aromatic rings. The summed E-state index contributed by atoms with van der Waals surface area (Å²) in [7, 11) is 1.61. The molecule has 1 N–H and O–H groups in total. The number of halogens is 1. The van der Waals surface area contributed by atoms with Crippen LogP contribution in [0, 0.1) is 0 Å². The predicted molar refractivity (Wildman–Crippen MR) is 81.1 cm³/mol. The van der Waals surface area contributed by atoms with E-state index in [1.807, 2.05) is 18.2 Å². The third-order valence-corrected chi connectivity index (χ3v) is 3.57. The van der Waals surface area contributed by atoms with Crippen molar-refractivity contribution in [3.05, 3.63) is 46.9 Å². The Hall–Kier alpha value is -2.34. The molecule has 2 aromatic carbocycles.